The fourth-order valence-corrected chi connectivity index (χ4v) is 0.204. The van der Waals surface area contributed by atoms with Gasteiger partial charge in [-0.1, -0.05) is 0 Å². The van der Waals surface area contributed by atoms with E-state index in [4.69, 9.17) is 4.74 Å². The van der Waals surface area contributed by atoms with Crippen molar-refractivity contribution in [2.75, 3.05) is 13.2 Å². The molecule has 0 aliphatic heterocycles. The van der Waals surface area contributed by atoms with Gasteiger partial charge in [-0.2, -0.15) is 0 Å². The van der Waals surface area contributed by atoms with Gasteiger partial charge < -0.3 is 10.2 Å². The molecule has 3 heteroatoms. The molecule has 2 nitrogen and oxygen atoms in total. The Kier molecular flexibility index (Phi) is 35.3. The number of hydrogen-bond acceptors (Lipinski definition) is 2. The van der Waals surface area contributed by atoms with Crippen molar-refractivity contribution < 1.29 is 39.8 Å². The molecular formula is C4H11NaO2. The normalized spacial score (nSPS) is 6.00. The van der Waals surface area contributed by atoms with Crippen molar-refractivity contribution in [3.8, 4) is 0 Å². The third-order valence-electron chi connectivity index (χ3n) is 0.408. The molecule has 0 saturated carbocycles. The molecule has 0 aromatic rings. The van der Waals surface area contributed by atoms with Crippen LogP contribution in [0.25, 0.3) is 0 Å². The average molecular weight is 114 g/mol. The SMILES string of the molecule is CCOCC.[Na+].[OH-]. The Balaban J connectivity index is -0.0000000800. The predicted molar refractivity (Wildman–Crippen MR) is 24.1 cm³/mol. The molecule has 0 aliphatic carbocycles. The minimum Gasteiger partial charge on any atom is -0.870 e. The third-order valence-corrected chi connectivity index (χ3v) is 0.408. The summed E-state index contributed by atoms with van der Waals surface area (Å²) in [5.41, 5.74) is 0. The Bertz CT molecular complexity index is 17.2. The summed E-state index contributed by atoms with van der Waals surface area (Å²) in [6.07, 6.45) is 0. The van der Waals surface area contributed by atoms with Crippen LogP contribution in [-0.2, 0) is 4.74 Å². The monoisotopic (exact) mass is 114 g/mol. The van der Waals surface area contributed by atoms with E-state index in [1.165, 1.54) is 0 Å². The fourth-order valence-electron chi connectivity index (χ4n) is 0.204. The molecule has 0 aromatic carbocycles. The van der Waals surface area contributed by atoms with Crippen molar-refractivity contribution in [1.29, 1.82) is 0 Å². The second kappa shape index (κ2) is 15.8. The van der Waals surface area contributed by atoms with Crippen LogP contribution in [0.5, 0.6) is 0 Å². The van der Waals surface area contributed by atoms with Gasteiger partial charge in [-0.15, -0.1) is 0 Å². The van der Waals surface area contributed by atoms with Crippen LogP contribution in [0.2, 0.25) is 0 Å². The largest absolute Gasteiger partial charge is 1.00 e. The second-order valence-corrected chi connectivity index (χ2v) is 0.781. The van der Waals surface area contributed by atoms with E-state index in [9.17, 15) is 0 Å². The van der Waals surface area contributed by atoms with Crippen molar-refractivity contribution in [3.05, 3.63) is 0 Å². The van der Waals surface area contributed by atoms with Crippen molar-refractivity contribution in [2.45, 2.75) is 13.8 Å². The molecule has 0 fully saturated rings. The summed E-state index contributed by atoms with van der Waals surface area (Å²) in [5.74, 6) is 0. The molecule has 0 heterocycles. The van der Waals surface area contributed by atoms with Crippen LogP contribution in [0, 0.1) is 0 Å². The van der Waals surface area contributed by atoms with Gasteiger partial charge in [0.25, 0.3) is 0 Å². The van der Waals surface area contributed by atoms with E-state index in [-0.39, 0.29) is 35.0 Å². The first-order valence-electron chi connectivity index (χ1n) is 1.99. The summed E-state index contributed by atoms with van der Waals surface area (Å²) in [7, 11) is 0. The first kappa shape index (κ1) is 15.7. The Morgan fingerprint density at radius 1 is 1.14 bits per heavy atom. The van der Waals surface area contributed by atoms with E-state index in [0.717, 1.165) is 13.2 Å². The van der Waals surface area contributed by atoms with Crippen LogP contribution in [0.3, 0.4) is 0 Å². The van der Waals surface area contributed by atoms with Gasteiger partial charge in [0.15, 0.2) is 0 Å². The molecule has 0 aliphatic rings. The molecule has 0 saturated heterocycles. The third kappa shape index (κ3) is 19.6. The minimum atomic E-state index is 0. The second-order valence-electron chi connectivity index (χ2n) is 0.781. The van der Waals surface area contributed by atoms with Gasteiger partial charge in [0.1, 0.15) is 0 Å². The summed E-state index contributed by atoms with van der Waals surface area (Å²) in [6.45, 7) is 5.67. The minimum absolute atomic E-state index is 0. The molecule has 0 aromatic heterocycles. The smallest absolute Gasteiger partial charge is 0.870 e. The number of hydrogen-bond donors (Lipinski definition) is 0. The van der Waals surface area contributed by atoms with Crippen LogP contribution >= 0.6 is 0 Å². The molecule has 0 amide bonds. The van der Waals surface area contributed by atoms with E-state index in [1.54, 1.807) is 0 Å². The topological polar surface area (TPSA) is 39.2 Å². The molecule has 0 unspecified atom stereocenters. The van der Waals surface area contributed by atoms with E-state index in [2.05, 4.69) is 0 Å². The van der Waals surface area contributed by atoms with Crippen LogP contribution in [-0.4, -0.2) is 18.7 Å². The molecule has 0 atom stereocenters. The molecule has 0 bridgehead atoms. The van der Waals surface area contributed by atoms with Gasteiger partial charge in [0.2, 0.25) is 0 Å². The Morgan fingerprint density at radius 2 is 1.43 bits per heavy atom. The quantitative estimate of drug-likeness (QED) is 0.385. The zero-order valence-electron chi connectivity index (χ0n) is 5.27. The van der Waals surface area contributed by atoms with Gasteiger partial charge in [0, 0.05) is 13.2 Å². The maximum absolute atomic E-state index is 4.83. The standard InChI is InChI=1S/C4H10O.Na.H2O/c1-3-5-4-2;;/h3-4H2,1-2H3;;1H2/q;+1;/p-1. The van der Waals surface area contributed by atoms with Crippen molar-refractivity contribution in [1.82, 2.24) is 0 Å². The number of ether oxygens (including phenoxy) is 1. The van der Waals surface area contributed by atoms with Gasteiger partial charge >= 0.3 is 29.6 Å². The number of rotatable bonds is 2. The fraction of sp³-hybridized carbons (Fsp3) is 1.00. The van der Waals surface area contributed by atoms with Gasteiger partial charge in [-0.3, -0.25) is 0 Å². The van der Waals surface area contributed by atoms with E-state index < -0.39 is 0 Å². The Hall–Kier alpha value is 0.920. The molecular weight excluding hydrogens is 103 g/mol. The molecule has 0 rings (SSSR count). The van der Waals surface area contributed by atoms with Gasteiger partial charge in [-0.05, 0) is 13.8 Å². The summed E-state index contributed by atoms with van der Waals surface area (Å²) >= 11 is 0. The summed E-state index contributed by atoms with van der Waals surface area (Å²) in [4.78, 5) is 0. The average Bonchev–Trinajstić information content (AvgIpc) is 1.41. The Labute approximate surface area is 66.8 Å². The molecule has 7 heavy (non-hydrogen) atoms. The molecule has 0 radical (unpaired) electrons. The molecule has 0 spiro atoms. The summed E-state index contributed by atoms with van der Waals surface area (Å²) in [6, 6.07) is 0. The van der Waals surface area contributed by atoms with Crippen LogP contribution in [0.4, 0.5) is 0 Å². The van der Waals surface area contributed by atoms with Crippen LogP contribution < -0.4 is 29.6 Å². The van der Waals surface area contributed by atoms with Crippen LogP contribution in [0.1, 0.15) is 13.8 Å². The van der Waals surface area contributed by atoms with E-state index >= 15 is 0 Å². The Morgan fingerprint density at radius 3 is 1.43 bits per heavy atom. The van der Waals surface area contributed by atoms with Crippen molar-refractivity contribution >= 4 is 0 Å². The molecule has 1 N–H and O–H groups in total. The van der Waals surface area contributed by atoms with Gasteiger partial charge in [0.05, 0.1) is 0 Å². The summed E-state index contributed by atoms with van der Waals surface area (Å²) < 4.78 is 4.83. The predicted octanol–water partition coefficient (Wildman–Crippen LogP) is -2.13. The van der Waals surface area contributed by atoms with Gasteiger partial charge in [-0.25, -0.2) is 0 Å². The first-order chi connectivity index (χ1) is 2.41. The maximum Gasteiger partial charge on any atom is 1.00 e. The zero-order valence-corrected chi connectivity index (χ0v) is 7.27. The van der Waals surface area contributed by atoms with Crippen molar-refractivity contribution in [3.63, 3.8) is 0 Å². The summed E-state index contributed by atoms with van der Waals surface area (Å²) in [5, 5.41) is 0. The maximum atomic E-state index is 4.83. The van der Waals surface area contributed by atoms with E-state index in [1.807, 2.05) is 13.8 Å². The zero-order chi connectivity index (χ0) is 4.12. The first-order valence-corrected chi connectivity index (χ1v) is 1.99. The van der Waals surface area contributed by atoms with Crippen LogP contribution in [0.15, 0.2) is 0 Å². The van der Waals surface area contributed by atoms with E-state index in [0.29, 0.717) is 0 Å². The van der Waals surface area contributed by atoms with Crippen molar-refractivity contribution in [2.24, 2.45) is 0 Å². The molecule has 40 valence electrons.